The van der Waals surface area contributed by atoms with Gasteiger partial charge in [-0.3, -0.25) is 4.79 Å². The summed E-state index contributed by atoms with van der Waals surface area (Å²) in [5.74, 6) is 4.00. The number of carbonyl (C=O) groups excluding carboxylic acids is 1. The zero-order valence-electron chi connectivity index (χ0n) is 21.1. The molecule has 4 saturated carbocycles. The summed E-state index contributed by atoms with van der Waals surface area (Å²) in [7, 11) is -1.78. The molecule has 0 N–H and O–H groups in total. The van der Waals surface area contributed by atoms with Gasteiger partial charge in [-0.15, -0.1) is 0 Å². The van der Waals surface area contributed by atoms with E-state index < -0.39 is 8.32 Å². The highest BCUT2D eigenvalue weighted by Crippen LogP contribution is 2.68. The van der Waals surface area contributed by atoms with Crippen LogP contribution in [0.2, 0.25) is 18.1 Å². The van der Waals surface area contributed by atoms with E-state index in [1.807, 2.05) is 6.92 Å². The van der Waals surface area contributed by atoms with Gasteiger partial charge in [0.25, 0.3) is 0 Å². The minimum atomic E-state index is -1.78. The molecule has 3 heteroatoms. The van der Waals surface area contributed by atoms with Gasteiger partial charge >= 0.3 is 0 Å². The number of carbonyl (C=O) groups is 1. The molecular weight excluding hydrogens is 384 g/mol. The Kier molecular flexibility index (Phi) is 5.71. The minimum Gasteiger partial charge on any atom is -0.413 e. The van der Waals surface area contributed by atoms with Gasteiger partial charge in [0.15, 0.2) is 8.32 Å². The summed E-state index contributed by atoms with van der Waals surface area (Å²) < 4.78 is 7.25. The topological polar surface area (TPSA) is 26.3 Å². The van der Waals surface area contributed by atoms with Crippen molar-refractivity contribution in [3.05, 3.63) is 0 Å². The van der Waals surface area contributed by atoms with Gasteiger partial charge in [-0.25, -0.2) is 0 Å². The zero-order chi connectivity index (χ0) is 22.1. The molecule has 4 rings (SSSR count). The lowest BCUT2D eigenvalue weighted by Crippen LogP contribution is -2.60. The largest absolute Gasteiger partial charge is 0.413 e. The quantitative estimate of drug-likeness (QED) is 0.429. The molecule has 172 valence electrons. The predicted octanol–water partition coefficient (Wildman–Crippen LogP) is 7.62. The molecule has 0 bridgehead atoms. The molecule has 0 amide bonds. The van der Waals surface area contributed by atoms with Crippen molar-refractivity contribution in [1.82, 2.24) is 0 Å². The Hall–Kier alpha value is -0.153. The van der Waals surface area contributed by atoms with Crippen LogP contribution >= 0.6 is 0 Å². The highest BCUT2D eigenvalue weighted by molar-refractivity contribution is 6.74. The van der Waals surface area contributed by atoms with E-state index >= 15 is 0 Å². The lowest BCUT2D eigenvalue weighted by atomic mass is 9.44. The first-order valence-corrected chi connectivity index (χ1v) is 15.9. The van der Waals surface area contributed by atoms with Crippen LogP contribution < -0.4 is 0 Å². The molecule has 0 aromatic heterocycles. The Morgan fingerprint density at radius 3 is 2.27 bits per heavy atom. The zero-order valence-corrected chi connectivity index (χ0v) is 22.1. The van der Waals surface area contributed by atoms with E-state index in [2.05, 4.69) is 47.7 Å². The van der Waals surface area contributed by atoms with Gasteiger partial charge in [0.2, 0.25) is 0 Å². The molecule has 0 spiro atoms. The van der Waals surface area contributed by atoms with Gasteiger partial charge in [0.05, 0.1) is 6.10 Å². The Bertz CT molecular complexity index is 679. The van der Waals surface area contributed by atoms with Crippen LogP contribution in [-0.4, -0.2) is 20.2 Å². The first-order valence-electron chi connectivity index (χ1n) is 13.0. The molecule has 2 nitrogen and oxygen atoms in total. The van der Waals surface area contributed by atoms with Gasteiger partial charge in [0.1, 0.15) is 5.78 Å². The Balaban J connectivity index is 1.64. The van der Waals surface area contributed by atoms with E-state index in [0.717, 1.165) is 30.1 Å². The van der Waals surface area contributed by atoms with Gasteiger partial charge in [-0.2, -0.15) is 0 Å². The fraction of sp³-hybridized carbons (Fsp3) is 0.963. The van der Waals surface area contributed by atoms with Crippen molar-refractivity contribution in [2.75, 3.05) is 0 Å². The van der Waals surface area contributed by atoms with Crippen LogP contribution in [0.1, 0.15) is 99.3 Å². The number of fused-ring (bicyclic) bond motifs is 5. The second-order valence-corrected chi connectivity index (χ2v) is 18.4. The van der Waals surface area contributed by atoms with E-state index in [4.69, 9.17) is 4.43 Å². The summed E-state index contributed by atoms with van der Waals surface area (Å²) in [5.41, 5.74) is 0.604. The fourth-order valence-corrected chi connectivity index (χ4v) is 10.1. The van der Waals surface area contributed by atoms with Crippen molar-refractivity contribution in [3.8, 4) is 0 Å². The summed E-state index contributed by atoms with van der Waals surface area (Å²) >= 11 is 0. The number of Topliss-reactive ketones (excluding diaryl/α,β-unsaturated/α-hetero) is 1. The standard InChI is InChI=1S/C27H48O2Si/c1-18(28)21-14-15-22-20-13-12-19-10-9-11-24(29-30(7,8)25(2,3)4)27(19,6)23(20)16-17-26(21,22)5/h19-24H,9-17H2,1-8H3/t19-,20+,21-,22+,23+,24?,26-,27+/m1/s1. The molecule has 4 aliphatic carbocycles. The van der Waals surface area contributed by atoms with Gasteiger partial charge in [-0.1, -0.05) is 41.0 Å². The smallest absolute Gasteiger partial charge is 0.192 e. The molecule has 0 heterocycles. The van der Waals surface area contributed by atoms with Gasteiger partial charge in [0, 0.05) is 5.92 Å². The second-order valence-electron chi connectivity index (χ2n) is 13.6. The first-order chi connectivity index (χ1) is 13.8. The minimum absolute atomic E-state index is 0.265. The highest BCUT2D eigenvalue weighted by Gasteiger charge is 2.63. The van der Waals surface area contributed by atoms with E-state index in [-0.39, 0.29) is 10.5 Å². The highest BCUT2D eigenvalue weighted by atomic mass is 28.4. The third-order valence-electron chi connectivity index (χ3n) is 11.4. The maximum Gasteiger partial charge on any atom is 0.192 e. The van der Waals surface area contributed by atoms with Crippen LogP contribution in [0.5, 0.6) is 0 Å². The summed E-state index contributed by atoms with van der Waals surface area (Å²) in [6.07, 6.45) is 12.3. The normalized spacial score (nSPS) is 46.7. The first kappa shape index (κ1) is 23.0. The maximum absolute atomic E-state index is 12.4. The van der Waals surface area contributed by atoms with Crippen molar-refractivity contribution >= 4 is 14.1 Å². The van der Waals surface area contributed by atoms with E-state index in [0.29, 0.717) is 23.2 Å². The van der Waals surface area contributed by atoms with Crippen molar-refractivity contribution in [3.63, 3.8) is 0 Å². The molecule has 0 saturated heterocycles. The molecule has 0 aromatic carbocycles. The van der Waals surface area contributed by atoms with Crippen molar-refractivity contribution in [2.24, 2.45) is 40.4 Å². The number of rotatable bonds is 3. The second kappa shape index (κ2) is 7.44. The third-order valence-corrected chi connectivity index (χ3v) is 15.9. The molecule has 30 heavy (non-hydrogen) atoms. The van der Waals surface area contributed by atoms with Gasteiger partial charge < -0.3 is 4.43 Å². The molecule has 8 atom stereocenters. The van der Waals surface area contributed by atoms with E-state index in [1.165, 1.54) is 51.4 Å². The summed E-state index contributed by atoms with van der Waals surface area (Å²) in [4.78, 5) is 12.4. The lowest BCUT2D eigenvalue weighted by molar-refractivity contribution is -0.160. The third kappa shape index (κ3) is 3.31. The molecule has 0 radical (unpaired) electrons. The van der Waals surface area contributed by atoms with Crippen LogP contribution in [0.15, 0.2) is 0 Å². The summed E-state index contributed by atoms with van der Waals surface area (Å²) in [6, 6.07) is 0. The SMILES string of the molecule is CC(=O)[C@H]1CC[C@H]2[C@@H]3CC[C@H]4CCCC(O[Si](C)(C)C(C)(C)C)[C@]4(C)[C@H]3CC[C@]12C. The summed E-state index contributed by atoms with van der Waals surface area (Å²) in [6.45, 7) is 19.0. The lowest BCUT2D eigenvalue weighted by Gasteiger charge is -2.63. The molecule has 4 fully saturated rings. The monoisotopic (exact) mass is 432 g/mol. The Morgan fingerprint density at radius 1 is 0.933 bits per heavy atom. The van der Waals surface area contributed by atoms with Crippen LogP contribution in [0, 0.1) is 40.4 Å². The number of hydrogen-bond donors (Lipinski definition) is 0. The molecule has 0 aliphatic heterocycles. The Labute approximate surface area is 187 Å². The summed E-state index contributed by atoms with van der Waals surface area (Å²) in [5, 5.41) is 0.273. The van der Waals surface area contributed by atoms with Crippen molar-refractivity contribution in [2.45, 2.75) is 124 Å². The van der Waals surface area contributed by atoms with E-state index in [1.54, 1.807) is 0 Å². The molecule has 0 aromatic rings. The van der Waals surface area contributed by atoms with Crippen LogP contribution in [0.3, 0.4) is 0 Å². The number of hydrogen-bond acceptors (Lipinski definition) is 2. The maximum atomic E-state index is 12.4. The average Bonchev–Trinajstić information content (AvgIpc) is 2.98. The molecule has 4 aliphatic rings. The van der Waals surface area contributed by atoms with Crippen molar-refractivity contribution < 1.29 is 9.22 Å². The van der Waals surface area contributed by atoms with Gasteiger partial charge in [-0.05, 0) is 111 Å². The Morgan fingerprint density at radius 2 is 1.63 bits per heavy atom. The van der Waals surface area contributed by atoms with E-state index in [9.17, 15) is 4.79 Å². The van der Waals surface area contributed by atoms with Crippen LogP contribution in [0.4, 0.5) is 0 Å². The fourth-order valence-electron chi connectivity index (χ4n) is 8.67. The average molecular weight is 433 g/mol. The molecular formula is C27H48O2Si. The van der Waals surface area contributed by atoms with Crippen molar-refractivity contribution in [1.29, 1.82) is 0 Å². The van der Waals surface area contributed by atoms with Crippen LogP contribution in [-0.2, 0) is 9.22 Å². The number of ketones is 1. The predicted molar refractivity (Wildman–Crippen MR) is 128 cm³/mol. The van der Waals surface area contributed by atoms with Crippen LogP contribution in [0.25, 0.3) is 0 Å². The molecule has 1 unspecified atom stereocenters.